The number of alkyl halides is 3. The zero-order chi connectivity index (χ0) is 17.7. The third-order valence-electron chi connectivity index (χ3n) is 3.12. The quantitative estimate of drug-likeness (QED) is 0.545. The van der Waals surface area contributed by atoms with Gasteiger partial charge in [0.15, 0.2) is 5.11 Å². The molecular weight excluding hydrogens is 357 g/mol. The molecule has 0 heterocycles. The summed E-state index contributed by atoms with van der Waals surface area (Å²) < 4.78 is 38.7. The Hall–Kier alpha value is -2.05. The fourth-order valence-corrected chi connectivity index (χ4v) is 2.53. The first kappa shape index (κ1) is 18.3. The normalized spacial score (nSPS) is 11.0. The van der Waals surface area contributed by atoms with Gasteiger partial charge in [0.25, 0.3) is 0 Å². The van der Waals surface area contributed by atoms with Crippen LogP contribution in [0.25, 0.3) is 0 Å². The van der Waals surface area contributed by atoms with Crippen molar-refractivity contribution < 1.29 is 13.2 Å². The number of nitrogens with one attached hydrogen (secondary N) is 1. The summed E-state index contributed by atoms with van der Waals surface area (Å²) in [5.41, 5.74) is 0.234. The molecule has 0 atom stereocenters. The molecule has 7 heteroatoms. The number of nitrogens with zero attached hydrogens (tertiary/aromatic N) is 1. The van der Waals surface area contributed by atoms with Crippen LogP contribution in [-0.2, 0) is 6.18 Å². The van der Waals surface area contributed by atoms with Crippen LogP contribution >= 0.6 is 23.8 Å². The number of thiocarbonyl (C=S) groups is 1. The van der Waals surface area contributed by atoms with E-state index in [1.807, 2.05) is 0 Å². The lowest BCUT2D eigenvalue weighted by Crippen LogP contribution is -2.35. The van der Waals surface area contributed by atoms with Gasteiger partial charge in [0, 0.05) is 22.9 Å². The average molecular weight is 371 g/mol. The molecule has 2 aromatic rings. The first-order valence-corrected chi connectivity index (χ1v) is 7.72. The number of hydrogen-bond acceptors (Lipinski definition) is 1. The van der Waals surface area contributed by atoms with E-state index in [2.05, 4.69) is 11.9 Å². The van der Waals surface area contributed by atoms with E-state index in [0.717, 1.165) is 12.1 Å². The summed E-state index contributed by atoms with van der Waals surface area (Å²) >= 11 is 11.2. The third kappa shape index (κ3) is 4.72. The lowest BCUT2D eigenvalue weighted by molar-refractivity contribution is -0.137. The highest BCUT2D eigenvalue weighted by atomic mass is 35.5. The van der Waals surface area contributed by atoms with Crippen molar-refractivity contribution in [2.24, 2.45) is 0 Å². The molecule has 2 rings (SSSR count). The number of benzene rings is 2. The van der Waals surface area contributed by atoms with Crippen LogP contribution < -0.4 is 10.2 Å². The van der Waals surface area contributed by atoms with Crippen LogP contribution in [0, 0.1) is 0 Å². The number of anilines is 2. The molecule has 2 nitrogen and oxygen atoms in total. The molecule has 24 heavy (non-hydrogen) atoms. The topological polar surface area (TPSA) is 15.3 Å². The van der Waals surface area contributed by atoms with E-state index in [-0.39, 0.29) is 11.7 Å². The first-order valence-electron chi connectivity index (χ1n) is 6.93. The second kappa shape index (κ2) is 7.68. The lowest BCUT2D eigenvalue weighted by atomic mass is 10.2. The molecule has 0 spiro atoms. The van der Waals surface area contributed by atoms with E-state index in [9.17, 15) is 13.2 Å². The Morgan fingerprint density at radius 3 is 2.54 bits per heavy atom. The monoisotopic (exact) mass is 370 g/mol. The van der Waals surface area contributed by atoms with Crippen molar-refractivity contribution in [1.82, 2.24) is 0 Å². The van der Waals surface area contributed by atoms with Gasteiger partial charge in [-0.15, -0.1) is 6.58 Å². The van der Waals surface area contributed by atoms with Gasteiger partial charge in [-0.05, 0) is 48.6 Å². The second-order valence-electron chi connectivity index (χ2n) is 4.89. The summed E-state index contributed by atoms with van der Waals surface area (Å²) in [5.74, 6) is 0. The Labute approximate surface area is 148 Å². The van der Waals surface area contributed by atoms with Gasteiger partial charge in [0.2, 0.25) is 0 Å². The van der Waals surface area contributed by atoms with Crippen LogP contribution in [0.5, 0.6) is 0 Å². The van der Waals surface area contributed by atoms with Gasteiger partial charge < -0.3 is 10.2 Å². The van der Waals surface area contributed by atoms with E-state index < -0.39 is 11.7 Å². The Morgan fingerprint density at radius 1 is 1.21 bits per heavy atom. The lowest BCUT2D eigenvalue weighted by Gasteiger charge is -2.25. The highest BCUT2D eigenvalue weighted by molar-refractivity contribution is 7.80. The first-order chi connectivity index (χ1) is 11.3. The standard InChI is InChI=1S/C17H14ClF3N2S/c1-2-9-23(15-8-3-5-12(10-15)17(19,20)21)16(24)22-14-7-4-6-13(18)11-14/h2-8,10-11H,1,9H2,(H,22,24). The average Bonchev–Trinajstić information content (AvgIpc) is 2.52. The van der Waals surface area contributed by atoms with Crippen LogP contribution in [0.1, 0.15) is 5.56 Å². The molecule has 1 N–H and O–H groups in total. The Kier molecular flexibility index (Phi) is 5.85. The van der Waals surface area contributed by atoms with Crippen LogP contribution in [0.4, 0.5) is 24.5 Å². The Morgan fingerprint density at radius 2 is 1.92 bits per heavy atom. The SMILES string of the molecule is C=CCN(C(=S)Nc1cccc(Cl)c1)c1cccc(C(F)(F)F)c1. The van der Waals surface area contributed by atoms with Gasteiger partial charge in [-0.25, -0.2) is 0 Å². The molecule has 0 amide bonds. The highest BCUT2D eigenvalue weighted by Gasteiger charge is 2.31. The van der Waals surface area contributed by atoms with Gasteiger partial charge in [-0.1, -0.05) is 29.8 Å². The Balaban J connectivity index is 2.28. The molecule has 0 saturated heterocycles. The molecule has 0 saturated carbocycles. The third-order valence-corrected chi connectivity index (χ3v) is 3.68. The van der Waals surface area contributed by atoms with E-state index >= 15 is 0 Å². The van der Waals surface area contributed by atoms with Crippen LogP contribution in [-0.4, -0.2) is 11.7 Å². The number of halogens is 4. The van der Waals surface area contributed by atoms with Crippen molar-refractivity contribution in [3.8, 4) is 0 Å². The summed E-state index contributed by atoms with van der Waals surface area (Å²) in [6.45, 7) is 3.89. The predicted molar refractivity (Wildman–Crippen MR) is 96.7 cm³/mol. The summed E-state index contributed by atoms with van der Waals surface area (Å²) in [6, 6.07) is 11.9. The van der Waals surface area contributed by atoms with Gasteiger partial charge in [0.1, 0.15) is 0 Å². The van der Waals surface area contributed by atoms with Gasteiger partial charge in [0.05, 0.1) is 5.56 Å². The maximum absolute atomic E-state index is 12.9. The fourth-order valence-electron chi connectivity index (χ4n) is 2.04. The minimum absolute atomic E-state index is 0.247. The van der Waals surface area contributed by atoms with Crippen LogP contribution in [0.3, 0.4) is 0 Å². The minimum atomic E-state index is -4.42. The van der Waals surface area contributed by atoms with Gasteiger partial charge in [-0.3, -0.25) is 0 Å². The maximum atomic E-state index is 12.9. The molecule has 126 valence electrons. The maximum Gasteiger partial charge on any atom is 0.416 e. The molecule has 0 aliphatic carbocycles. The molecule has 0 aliphatic rings. The molecule has 0 radical (unpaired) electrons. The molecule has 0 bridgehead atoms. The predicted octanol–water partition coefficient (Wildman–Crippen LogP) is 5.75. The summed E-state index contributed by atoms with van der Waals surface area (Å²) in [5, 5.41) is 3.74. The van der Waals surface area contributed by atoms with Gasteiger partial charge >= 0.3 is 6.18 Å². The fraction of sp³-hybridized carbons (Fsp3) is 0.118. The molecule has 0 unspecified atom stereocenters. The number of hydrogen-bond donors (Lipinski definition) is 1. The molecule has 0 aromatic heterocycles. The largest absolute Gasteiger partial charge is 0.416 e. The zero-order valence-electron chi connectivity index (χ0n) is 12.5. The summed E-state index contributed by atoms with van der Waals surface area (Å²) in [7, 11) is 0. The highest BCUT2D eigenvalue weighted by Crippen LogP contribution is 2.32. The van der Waals surface area contributed by atoms with E-state index in [0.29, 0.717) is 16.4 Å². The molecule has 0 aliphatic heterocycles. The summed E-state index contributed by atoms with van der Waals surface area (Å²) in [6.07, 6.45) is -2.86. The van der Waals surface area contributed by atoms with E-state index in [1.54, 1.807) is 36.4 Å². The van der Waals surface area contributed by atoms with Gasteiger partial charge in [-0.2, -0.15) is 13.2 Å². The van der Waals surface area contributed by atoms with Crippen molar-refractivity contribution in [2.45, 2.75) is 6.18 Å². The zero-order valence-corrected chi connectivity index (χ0v) is 14.1. The van der Waals surface area contributed by atoms with Crippen molar-refractivity contribution in [2.75, 3.05) is 16.8 Å². The van der Waals surface area contributed by atoms with Crippen molar-refractivity contribution in [1.29, 1.82) is 0 Å². The summed E-state index contributed by atoms with van der Waals surface area (Å²) in [4.78, 5) is 1.53. The van der Waals surface area contributed by atoms with Crippen LogP contribution in [0.15, 0.2) is 61.2 Å². The second-order valence-corrected chi connectivity index (χ2v) is 5.71. The van der Waals surface area contributed by atoms with E-state index in [4.69, 9.17) is 23.8 Å². The number of rotatable bonds is 4. The molecule has 0 fully saturated rings. The Bertz CT molecular complexity index is 747. The van der Waals surface area contributed by atoms with Crippen LogP contribution in [0.2, 0.25) is 5.02 Å². The molecular formula is C17H14ClF3N2S. The molecule has 2 aromatic carbocycles. The van der Waals surface area contributed by atoms with Crippen molar-refractivity contribution in [3.05, 3.63) is 71.8 Å². The smallest absolute Gasteiger partial charge is 0.332 e. The van der Waals surface area contributed by atoms with Crippen molar-refractivity contribution in [3.63, 3.8) is 0 Å². The van der Waals surface area contributed by atoms with Crippen molar-refractivity contribution >= 4 is 40.3 Å². The van der Waals surface area contributed by atoms with E-state index in [1.165, 1.54) is 11.0 Å². The minimum Gasteiger partial charge on any atom is -0.332 e.